The third kappa shape index (κ3) is 259. The summed E-state index contributed by atoms with van der Waals surface area (Å²) in [6.07, 6.45) is 0. The van der Waals surface area contributed by atoms with Gasteiger partial charge in [-0.25, -0.2) is 0 Å². The van der Waals surface area contributed by atoms with Gasteiger partial charge in [-0.3, -0.25) is 8.42 Å². The average Bonchev–Trinajstić information content (AvgIpc) is 1.61. The molecule has 2 N–H and O–H groups in total. The summed E-state index contributed by atoms with van der Waals surface area (Å²) >= 11 is 0. The molecule has 0 aliphatic rings. The van der Waals surface area contributed by atoms with Gasteiger partial charge in [0.05, 0.1) is 13.2 Å². The number of rotatable bonds is 1. The van der Waals surface area contributed by atoms with Crippen molar-refractivity contribution in [3.63, 3.8) is 0 Å². The van der Waals surface area contributed by atoms with Gasteiger partial charge in [0.15, 0.2) is 0 Å². The Morgan fingerprint density at radius 2 is 1.20 bits per heavy atom. The van der Waals surface area contributed by atoms with E-state index in [4.69, 9.17) is 27.7 Å². The van der Waals surface area contributed by atoms with Crippen molar-refractivity contribution in [1.82, 2.24) is 0 Å². The van der Waals surface area contributed by atoms with Crippen LogP contribution in [0.25, 0.3) is 0 Å². The SMILES string of the molecule is O=S(=O)([O-])[O-].OCCO.[Cu+2]. The number of hydrogen-bond donors (Lipinski definition) is 2. The van der Waals surface area contributed by atoms with Crippen LogP contribution in [0, 0.1) is 0 Å². The van der Waals surface area contributed by atoms with Gasteiger partial charge < -0.3 is 19.3 Å². The molecule has 0 rings (SSSR count). The van der Waals surface area contributed by atoms with Crippen molar-refractivity contribution in [3.8, 4) is 0 Å². The summed E-state index contributed by atoms with van der Waals surface area (Å²) in [5.41, 5.74) is 0. The Morgan fingerprint density at radius 3 is 1.20 bits per heavy atom. The van der Waals surface area contributed by atoms with Crippen molar-refractivity contribution >= 4 is 10.4 Å². The summed E-state index contributed by atoms with van der Waals surface area (Å²) in [5, 5.41) is 15.2. The molecule has 6 nitrogen and oxygen atoms in total. The van der Waals surface area contributed by atoms with Gasteiger partial charge in [-0.1, -0.05) is 0 Å². The molecule has 0 aromatic rings. The third-order valence-corrected chi connectivity index (χ3v) is 0.1000. The first kappa shape index (κ1) is 16.7. The van der Waals surface area contributed by atoms with Gasteiger partial charge in [-0.05, 0) is 0 Å². The Bertz CT molecular complexity index is 119. The topological polar surface area (TPSA) is 121 Å². The monoisotopic (exact) mass is 221 g/mol. The molecule has 0 saturated carbocycles. The zero-order valence-corrected chi connectivity index (χ0v) is 6.41. The standard InChI is InChI=1S/C2H6O2.Cu.H2O4S/c3-1-2-4;;1-5(2,3)4/h3-4H,1-2H2;;(H2,1,2,3,4)/q;+2;/p-2. The van der Waals surface area contributed by atoms with Crippen LogP contribution in [0.1, 0.15) is 0 Å². The number of aliphatic hydroxyl groups is 2. The maximum absolute atomic E-state index is 8.52. The largest absolute Gasteiger partial charge is 2.00 e. The molecule has 0 aliphatic carbocycles. The van der Waals surface area contributed by atoms with Crippen molar-refractivity contribution in [2.24, 2.45) is 0 Å². The normalized spacial score (nSPS) is 8.80. The van der Waals surface area contributed by atoms with Crippen molar-refractivity contribution in [1.29, 1.82) is 0 Å². The quantitative estimate of drug-likeness (QED) is 0.290. The van der Waals surface area contributed by atoms with Gasteiger partial charge in [0.1, 0.15) is 0 Å². The first-order valence-corrected chi connectivity index (χ1v) is 3.13. The van der Waals surface area contributed by atoms with Crippen molar-refractivity contribution < 1.29 is 44.8 Å². The minimum atomic E-state index is -5.17. The Morgan fingerprint density at radius 1 is 1.10 bits per heavy atom. The molecular weight excluding hydrogens is 216 g/mol. The second kappa shape index (κ2) is 9.31. The molecule has 0 atom stereocenters. The second-order valence-electron chi connectivity index (χ2n) is 0.855. The molecule has 10 heavy (non-hydrogen) atoms. The van der Waals surface area contributed by atoms with E-state index in [1.54, 1.807) is 0 Å². The molecule has 67 valence electrons. The molecule has 1 radical (unpaired) electrons. The fourth-order valence-corrected chi connectivity index (χ4v) is 0. The van der Waals surface area contributed by atoms with Gasteiger partial charge in [0, 0.05) is 10.4 Å². The van der Waals surface area contributed by atoms with Crippen LogP contribution >= 0.6 is 0 Å². The average molecular weight is 222 g/mol. The summed E-state index contributed by atoms with van der Waals surface area (Å²) in [4.78, 5) is 0. The van der Waals surface area contributed by atoms with Crippen LogP contribution in [-0.2, 0) is 27.5 Å². The van der Waals surface area contributed by atoms with E-state index in [1.807, 2.05) is 0 Å². The minimum Gasteiger partial charge on any atom is -0.759 e. The van der Waals surface area contributed by atoms with Crippen molar-refractivity contribution in [2.75, 3.05) is 13.2 Å². The van der Waals surface area contributed by atoms with Crippen LogP contribution < -0.4 is 0 Å². The molecule has 0 fully saturated rings. The van der Waals surface area contributed by atoms with Crippen LogP contribution in [0.15, 0.2) is 0 Å². The molecular formula is C2H6CuO6S. The Balaban J connectivity index is -0.0000000910. The predicted octanol–water partition coefficient (Wildman–Crippen LogP) is -2.37. The van der Waals surface area contributed by atoms with Crippen LogP contribution in [0.3, 0.4) is 0 Å². The van der Waals surface area contributed by atoms with E-state index >= 15 is 0 Å². The van der Waals surface area contributed by atoms with Crippen molar-refractivity contribution in [3.05, 3.63) is 0 Å². The fourth-order valence-electron chi connectivity index (χ4n) is 0. The van der Waals surface area contributed by atoms with Crippen LogP contribution in [0.2, 0.25) is 0 Å². The smallest absolute Gasteiger partial charge is 0.759 e. The summed E-state index contributed by atoms with van der Waals surface area (Å²) in [6.45, 7) is -0.250. The summed E-state index contributed by atoms with van der Waals surface area (Å²) in [6, 6.07) is 0. The molecule has 0 aromatic carbocycles. The van der Waals surface area contributed by atoms with Gasteiger partial charge in [-0.2, -0.15) is 0 Å². The van der Waals surface area contributed by atoms with E-state index in [0.29, 0.717) is 0 Å². The van der Waals surface area contributed by atoms with E-state index in [0.717, 1.165) is 0 Å². The Kier molecular flexibility index (Phi) is 15.6. The number of hydrogen-bond acceptors (Lipinski definition) is 6. The van der Waals surface area contributed by atoms with Gasteiger partial charge in [0.2, 0.25) is 0 Å². The molecule has 0 bridgehead atoms. The summed E-state index contributed by atoms with van der Waals surface area (Å²) in [7, 11) is -5.17. The van der Waals surface area contributed by atoms with Gasteiger partial charge in [-0.15, -0.1) is 0 Å². The molecule has 0 amide bonds. The fraction of sp³-hybridized carbons (Fsp3) is 1.00. The maximum atomic E-state index is 8.52. The Hall–Kier alpha value is 0.309. The molecule has 0 saturated heterocycles. The summed E-state index contributed by atoms with van der Waals surface area (Å²) in [5.74, 6) is 0. The molecule has 0 spiro atoms. The van der Waals surface area contributed by atoms with E-state index in [2.05, 4.69) is 0 Å². The van der Waals surface area contributed by atoms with E-state index in [9.17, 15) is 0 Å². The van der Waals surface area contributed by atoms with Gasteiger partial charge in [0.25, 0.3) is 0 Å². The maximum Gasteiger partial charge on any atom is 2.00 e. The summed E-state index contributed by atoms with van der Waals surface area (Å²) < 4.78 is 34.1. The first-order valence-electron chi connectivity index (χ1n) is 1.80. The first-order chi connectivity index (χ1) is 3.91. The third-order valence-electron chi connectivity index (χ3n) is 0.1000. The number of aliphatic hydroxyl groups excluding tert-OH is 2. The van der Waals surface area contributed by atoms with Crippen molar-refractivity contribution in [2.45, 2.75) is 0 Å². The van der Waals surface area contributed by atoms with E-state index < -0.39 is 10.4 Å². The molecule has 0 aliphatic heterocycles. The predicted molar refractivity (Wildman–Crippen MR) is 24.6 cm³/mol. The molecule has 0 aromatic heterocycles. The van der Waals surface area contributed by atoms with Crippen LogP contribution in [0.5, 0.6) is 0 Å². The zero-order valence-electron chi connectivity index (χ0n) is 4.65. The molecule has 0 heterocycles. The van der Waals surface area contributed by atoms with Crippen LogP contribution in [0.4, 0.5) is 0 Å². The Labute approximate surface area is 68.9 Å². The molecule has 0 unspecified atom stereocenters. The minimum absolute atomic E-state index is 0. The zero-order chi connectivity index (χ0) is 7.91. The van der Waals surface area contributed by atoms with Crippen LogP contribution in [-0.4, -0.2) is 41.0 Å². The van der Waals surface area contributed by atoms with Gasteiger partial charge >= 0.3 is 17.1 Å². The second-order valence-corrected chi connectivity index (χ2v) is 1.67. The van der Waals surface area contributed by atoms with E-state index in [-0.39, 0.29) is 30.3 Å². The van der Waals surface area contributed by atoms with E-state index in [1.165, 1.54) is 0 Å². The molecule has 8 heteroatoms.